The first-order valence-corrected chi connectivity index (χ1v) is 10.1. The van der Waals surface area contributed by atoms with Crippen molar-refractivity contribution in [2.75, 3.05) is 27.2 Å². The van der Waals surface area contributed by atoms with E-state index in [9.17, 15) is 9.59 Å². The van der Waals surface area contributed by atoms with Crippen molar-refractivity contribution in [1.82, 2.24) is 20.9 Å². The Kier molecular flexibility index (Phi) is 9.11. The van der Waals surface area contributed by atoms with Crippen LogP contribution in [0.25, 0.3) is 0 Å². The fourth-order valence-electron chi connectivity index (χ4n) is 3.42. The van der Waals surface area contributed by atoms with Gasteiger partial charge in [0.25, 0.3) is 0 Å². The minimum atomic E-state index is -0.162. The van der Waals surface area contributed by atoms with Crippen LogP contribution in [0.4, 0.5) is 4.79 Å². The molecule has 6 nitrogen and oxygen atoms in total. The van der Waals surface area contributed by atoms with Gasteiger partial charge in [-0.25, -0.2) is 4.79 Å². The highest BCUT2D eigenvalue weighted by molar-refractivity contribution is 5.78. The van der Waals surface area contributed by atoms with Crippen LogP contribution in [0.5, 0.6) is 0 Å². The minimum absolute atomic E-state index is 0.0344. The van der Waals surface area contributed by atoms with Gasteiger partial charge in [0.2, 0.25) is 5.91 Å². The van der Waals surface area contributed by atoms with Crippen molar-refractivity contribution in [2.24, 2.45) is 0 Å². The van der Waals surface area contributed by atoms with Crippen LogP contribution in [0.15, 0.2) is 30.3 Å². The summed E-state index contributed by atoms with van der Waals surface area (Å²) in [6.07, 6.45) is 6.92. The van der Waals surface area contributed by atoms with Crippen LogP contribution in [0, 0.1) is 0 Å². The lowest BCUT2D eigenvalue weighted by molar-refractivity contribution is -0.121. The first-order valence-electron chi connectivity index (χ1n) is 10.1. The summed E-state index contributed by atoms with van der Waals surface area (Å²) in [5.74, 6) is -0.0344. The molecule has 1 aromatic carbocycles. The van der Waals surface area contributed by atoms with Crippen LogP contribution in [-0.4, -0.2) is 56.1 Å². The summed E-state index contributed by atoms with van der Waals surface area (Å²) in [4.78, 5) is 26.1. The number of rotatable bonds is 9. The second-order valence-electron chi connectivity index (χ2n) is 7.60. The monoisotopic (exact) mass is 374 g/mol. The number of urea groups is 1. The largest absolute Gasteiger partial charge is 0.354 e. The molecule has 0 radical (unpaired) electrons. The van der Waals surface area contributed by atoms with Crippen molar-refractivity contribution < 1.29 is 9.59 Å². The molecular weight excluding hydrogens is 340 g/mol. The van der Waals surface area contributed by atoms with Gasteiger partial charge >= 0.3 is 6.03 Å². The number of nitrogens with one attached hydrogen (secondary N) is 3. The van der Waals surface area contributed by atoms with Gasteiger partial charge in [-0.15, -0.1) is 0 Å². The first-order chi connectivity index (χ1) is 13.0. The Hall–Kier alpha value is -2.08. The van der Waals surface area contributed by atoms with Crippen LogP contribution in [0.1, 0.15) is 44.1 Å². The number of hydrogen-bond acceptors (Lipinski definition) is 3. The highest BCUT2D eigenvalue weighted by Gasteiger charge is 2.16. The van der Waals surface area contributed by atoms with E-state index in [1.54, 1.807) is 0 Å². The highest BCUT2D eigenvalue weighted by Crippen LogP contribution is 2.17. The maximum absolute atomic E-state index is 12.1. The van der Waals surface area contributed by atoms with Crippen LogP contribution >= 0.6 is 0 Å². The molecule has 1 fully saturated rings. The van der Waals surface area contributed by atoms with E-state index in [0.717, 1.165) is 19.3 Å². The zero-order valence-corrected chi connectivity index (χ0v) is 16.7. The smallest absolute Gasteiger partial charge is 0.315 e. The van der Waals surface area contributed by atoms with Crippen LogP contribution < -0.4 is 16.0 Å². The van der Waals surface area contributed by atoms with Gasteiger partial charge in [-0.05, 0) is 38.9 Å². The molecule has 27 heavy (non-hydrogen) atoms. The lowest BCUT2D eigenvalue weighted by Gasteiger charge is -2.25. The van der Waals surface area contributed by atoms with Crippen molar-refractivity contribution in [1.29, 1.82) is 0 Å². The number of amides is 3. The van der Waals surface area contributed by atoms with Crippen molar-refractivity contribution in [2.45, 2.75) is 57.0 Å². The van der Waals surface area contributed by atoms with E-state index >= 15 is 0 Å². The average Bonchev–Trinajstić information content (AvgIpc) is 2.66. The maximum Gasteiger partial charge on any atom is 0.315 e. The van der Waals surface area contributed by atoms with Crippen LogP contribution in [0.3, 0.4) is 0 Å². The Labute approximate surface area is 163 Å². The van der Waals surface area contributed by atoms with Crippen molar-refractivity contribution in [3.8, 4) is 0 Å². The lowest BCUT2D eigenvalue weighted by atomic mass is 9.96. The zero-order valence-electron chi connectivity index (χ0n) is 16.7. The Morgan fingerprint density at radius 2 is 1.78 bits per heavy atom. The van der Waals surface area contributed by atoms with Gasteiger partial charge in [0, 0.05) is 31.6 Å². The topological polar surface area (TPSA) is 73.5 Å². The molecule has 1 saturated carbocycles. The van der Waals surface area contributed by atoms with Gasteiger partial charge in [-0.1, -0.05) is 49.6 Å². The normalized spacial score (nSPS) is 16.0. The molecule has 1 atom stereocenters. The van der Waals surface area contributed by atoms with E-state index in [1.165, 1.54) is 24.8 Å². The molecule has 0 spiro atoms. The number of nitrogens with zero attached hydrogens (tertiary/aromatic N) is 1. The van der Waals surface area contributed by atoms with Gasteiger partial charge in [0.15, 0.2) is 0 Å². The summed E-state index contributed by atoms with van der Waals surface area (Å²) in [6.45, 7) is 0.949. The molecule has 1 aliphatic rings. The Morgan fingerprint density at radius 3 is 2.44 bits per heavy atom. The lowest BCUT2D eigenvalue weighted by Crippen LogP contribution is -2.45. The summed E-state index contributed by atoms with van der Waals surface area (Å²) < 4.78 is 0. The number of carbonyl (C=O) groups excluding carboxylic acids is 2. The molecule has 150 valence electrons. The third kappa shape index (κ3) is 8.43. The molecule has 0 heterocycles. The zero-order chi connectivity index (χ0) is 19.5. The molecule has 1 aliphatic carbocycles. The summed E-state index contributed by atoms with van der Waals surface area (Å²) >= 11 is 0. The molecule has 0 aromatic heterocycles. The summed E-state index contributed by atoms with van der Waals surface area (Å²) in [5, 5.41) is 8.77. The van der Waals surface area contributed by atoms with E-state index in [1.807, 2.05) is 32.3 Å². The number of likely N-dealkylation sites (N-methyl/N-ethyl adjacent to an activating group) is 1. The van der Waals surface area contributed by atoms with Gasteiger partial charge in [0.1, 0.15) is 0 Å². The van der Waals surface area contributed by atoms with E-state index < -0.39 is 0 Å². The second kappa shape index (κ2) is 11.6. The number of carbonyl (C=O) groups is 2. The maximum atomic E-state index is 12.1. The average molecular weight is 375 g/mol. The third-order valence-corrected chi connectivity index (χ3v) is 5.16. The van der Waals surface area contributed by atoms with Crippen molar-refractivity contribution in [3.05, 3.63) is 35.9 Å². The predicted octanol–water partition coefficient (Wildman–Crippen LogP) is 2.30. The molecule has 3 N–H and O–H groups in total. The molecule has 0 bridgehead atoms. The Morgan fingerprint density at radius 1 is 1.07 bits per heavy atom. The molecule has 2 rings (SSSR count). The number of benzene rings is 1. The fourth-order valence-corrected chi connectivity index (χ4v) is 3.42. The first kappa shape index (κ1) is 21.2. The third-order valence-electron chi connectivity index (χ3n) is 5.16. The van der Waals surface area contributed by atoms with Gasteiger partial charge in [-0.2, -0.15) is 0 Å². The van der Waals surface area contributed by atoms with Crippen molar-refractivity contribution in [3.63, 3.8) is 0 Å². The summed E-state index contributed by atoms with van der Waals surface area (Å²) in [5.41, 5.74) is 1.26. The molecular formula is C21H34N4O2. The van der Waals surface area contributed by atoms with Gasteiger partial charge in [-0.3, -0.25) is 4.79 Å². The molecule has 6 heteroatoms. The molecule has 0 saturated heterocycles. The summed E-state index contributed by atoms with van der Waals surface area (Å²) in [7, 11) is 4.05. The summed E-state index contributed by atoms with van der Waals surface area (Å²) in [6, 6.07) is 10.6. The molecule has 1 unspecified atom stereocenters. The highest BCUT2D eigenvalue weighted by atomic mass is 16.2. The van der Waals surface area contributed by atoms with Gasteiger partial charge in [0.05, 0.1) is 0 Å². The molecule has 1 aromatic rings. The van der Waals surface area contributed by atoms with E-state index in [4.69, 9.17) is 0 Å². The van der Waals surface area contributed by atoms with E-state index in [-0.39, 0.29) is 24.0 Å². The minimum Gasteiger partial charge on any atom is -0.354 e. The quantitative estimate of drug-likeness (QED) is 0.621. The van der Waals surface area contributed by atoms with Crippen molar-refractivity contribution >= 4 is 11.9 Å². The Balaban J connectivity index is 1.63. The van der Waals surface area contributed by atoms with E-state index in [2.05, 4.69) is 33.0 Å². The number of hydrogen-bond donors (Lipinski definition) is 3. The SMILES string of the molecule is CN(C)C(CNC(=O)CCNC(=O)NC1CCCCC1)Cc1ccccc1. The fraction of sp³-hybridized carbons (Fsp3) is 0.619. The van der Waals surface area contributed by atoms with Crippen LogP contribution in [0.2, 0.25) is 0 Å². The standard InChI is InChI=1S/C21H34N4O2/c1-25(2)19(15-17-9-5-3-6-10-17)16-23-20(26)13-14-22-21(27)24-18-11-7-4-8-12-18/h3,5-6,9-10,18-19H,4,7-8,11-16H2,1-2H3,(H,23,26)(H2,22,24,27). The van der Waals surface area contributed by atoms with Gasteiger partial charge < -0.3 is 20.9 Å². The second-order valence-corrected chi connectivity index (χ2v) is 7.60. The predicted molar refractivity (Wildman–Crippen MR) is 109 cm³/mol. The molecule has 3 amide bonds. The van der Waals surface area contributed by atoms with E-state index in [0.29, 0.717) is 19.5 Å². The van der Waals surface area contributed by atoms with Crippen LogP contribution in [-0.2, 0) is 11.2 Å². The molecule has 0 aliphatic heterocycles. The Bertz CT molecular complexity index is 571.